The van der Waals surface area contributed by atoms with E-state index >= 15 is 0 Å². The van der Waals surface area contributed by atoms with E-state index in [4.69, 9.17) is 0 Å². The van der Waals surface area contributed by atoms with E-state index in [1.54, 1.807) is 23.0 Å². The lowest BCUT2D eigenvalue weighted by molar-refractivity contribution is -0.384. The molecule has 1 atom stereocenters. The molecular weight excluding hydrogens is 274 g/mol. The summed E-state index contributed by atoms with van der Waals surface area (Å²) in [5.41, 5.74) is 1.35. The number of nitro benzene ring substituents is 1. The van der Waals surface area contributed by atoms with E-state index in [0.29, 0.717) is 5.65 Å². The first-order valence-electron chi connectivity index (χ1n) is 6.22. The van der Waals surface area contributed by atoms with Gasteiger partial charge in [-0.2, -0.15) is 0 Å². The van der Waals surface area contributed by atoms with E-state index in [-0.39, 0.29) is 22.8 Å². The summed E-state index contributed by atoms with van der Waals surface area (Å²) in [5.74, 6) is 0. The van der Waals surface area contributed by atoms with Gasteiger partial charge >= 0.3 is 0 Å². The summed E-state index contributed by atoms with van der Waals surface area (Å²) in [6.45, 7) is 1.91. The Morgan fingerprint density at radius 2 is 2.00 bits per heavy atom. The number of non-ortho nitro benzene ring substituents is 1. The average molecular weight is 285 g/mol. The van der Waals surface area contributed by atoms with Gasteiger partial charge in [0.25, 0.3) is 11.2 Å². The van der Waals surface area contributed by atoms with Crippen LogP contribution in [0.2, 0.25) is 0 Å². The first-order valence-corrected chi connectivity index (χ1v) is 6.22. The van der Waals surface area contributed by atoms with Crippen LogP contribution in [0.5, 0.6) is 0 Å². The molecule has 0 aliphatic carbocycles. The number of hydrogen-bond acceptors (Lipinski definition) is 5. The Labute approximate surface area is 118 Å². The number of imidazole rings is 1. The maximum atomic E-state index is 11.6. The molecule has 1 unspecified atom stereocenters. The first kappa shape index (κ1) is 13.0. The molecule has 2 heterocycles. The summed E-state index contributed by atoms with van der Waals surface area (Å²) in [6.07, 6.45) is 2.87. The SMILES string of the molecule is CC(c1ccc([N+](=O)[O-])cc1)n1cnc2c(=O)[nH]cnc21. The lowest BCUT2D eigenvalue weighted by atomic mass is 10.1. The number of aromatic nitrogens is 4. The van der Waals surface area contributed by atoms with Gasteiger partial charge in [0.05, 0.1) is 23.6 Å². The highest BCUT2D eigenvalue weighted by Crippen LogP contribution is 2.23. The molecule has 0 saturated carbocycles. The van der Waals surface area contributed by atoms with Crippen molar-refractivity contribution < 1.29 is 4.92 Å². The van der Waals surface area contributed by atoms with Gasteiger partial charge in [-0.1, -0.05) is 12.1 Å². The van der Waals surface area contributed by atoms with E-state index in [0.717, 1.165) is 5.56 Å². The van der Waals surface area contributed by atoms with E-state index in [1.807, 2.05) is 6.92 Å². The average Bonchev–Trinajstić information content (AvgIpc) is 2.92. The van der Waals surface area contributed by atoms with E-state index in [9.17, 15) is 14.9 Å². The summed E-state index contributed by atoms with van der Waals surface area (Å²) in [4.78, 5) is 32.5. The number of benzene rings is 1. The second-order valence-corrected chi connectivity index (χ2v) is 4.58. The molecule has 0 fully saturated rings. The molecule has 0 aliphatic rings. The minimum atomic E-state index is -0.442. The summed E-state index contributed by atoms with van der Waals surface area (Å²) in [7, 11) is 0. The molecule has 3 aromatic rings. The predicted octanol–water partition coefficient (Wildman–Crippen LogP) is 1.64. The zero-order valence-electron chi connectivity index (χ0n) is 11.1. The number of fused-ring (bicyclic) bond motifs is 1. The van der Waals surface area contributed by atoms with Gasteiger partial charge in [-0.05, 0) is 12.5 Å². The minimum Gasteiger partial charge on any atom is -0.311 e. The molecule has 0 spiro atoms. The van der Waals surface area contributed by atoms with Gasteiger partial charge in [0.2, 0.25) is 0 Å². The van der Waals surface area contributed by atoms with Gasteiger partial charge in [-0.25, -0.2) is 9.97 Å². The molecule has 3 rings (SSSR count). The first-order chi connectivity index (χ1) is 10.1. The maximum Gasteiger partial charge on any atom is 0.278 e. The Morgan fingerprint density at radius 3 is 2.67 bits per heavy atom. The van der Waals surface area contributed by atoms with Gasteiger partial charge < -0.3 is 9.55 Å². The normalized spacial score (nSPS) is 12.4. The summed E-state index contributed by atoms with van der Waals surface area (Å²) in [5, 5.41) is 10.7. The quantitative estimate of drug-likeness (QED) is 0.581. The van der Waals surface area contributed by atoms with Crippen LogP contribution >= 0.6 is 0 Å². The van der Waals surface area contributed by atoms with Crippen molar-refractivity contribution in [1.82, 2.24) is 19.5 Å². The van der Waals surface area contributed by atoms with Gasteiger partial charge in [-0.15, -0.1) is 0 Å². The molecule has 106 valence electrons. The smallest absolute Gasteiger partial charge is 0.278 e. The fourth-order valence-electron chi connectivity index (χ4n) is 2.18. The molecular formula is C13H11N5O3. The van der Waals surface area contributed by atoms with Crippen molar-refractivity contribution in [3.63, 3.8) is 0 Å². The fourth-order valence-corrected chi connectivity index (χ4v) is 2.18. The highest BCUT2D eigenvalue weighted by atomic mass is 16.6. The summed E-state index contributed by atoms with van der Waals surface area (Å²) in [6, 6.07) is 6.12. The van der Waals surface area contributed by atoms with Crippen LogP contribution in [0.15, 0.2) is 41.7 Å². The fraction of sp³-hybridized carbons (Fsp3) is 0.154. The van der Waals surface area contributed by atoms with E-state index in [1.165, 1.54) is 18.5 Å². The Hall–Kier alpha value is -3.03. The zero-order chi connectivity index (χ0) is 15.0. The third-order valence-corrected chi connectivity index (χ3v) is 3.37. The van der Waals surface area contributed by atoms with Gasteiger partial charge in [0.1, 0.15) is 0 Å². The number of aromatic amines is 1. The number of nitrogens with one attached hydrogen (secondary N) is 1. The monoisotopic (exact) mass is 285 g/mol. The van der Waals surface area contributed by atoms with E-state index < -0.39 is 4.92 Å². The van der Waals surface area contributed by atoms with Crippen molar-refractivity contribution in [3.05, 3.63) is 63.0 Å². The summed E-state index contributed by atoms with van der Waals surface area (Å²) < 4.78 is 1.76. The second kappa shape index (κ2) is 4.82. The third kappa shape index (κ3) is 2.16. The molecule has 0 bridgehead atoms. The van der Waals surface area contributed by atoms with Crippen LogP contribution in [-0.4, -0.2) is 24.4 Å². The molecule has 2 aromatic heterocycles. The highest BCUT2D eigenvalue weighted by molar-refractivity contribution is 5.69. The topological polar surface area (TPSA) is 107 Å². The van der Waals surface area contributed by atoms with Crippen LogP contribution in [0, 0.1) is 10.1 Å². The Morgan fingerprint density at radius 1 is 1.29 bits per heavy atom. The number of H-pyrrole nitrogens is 1. The van der Waals surface area contributed by atoms with Crippen molar-refractivity contribution in [3.8, 4) is 0 Å². The van der Waals surface area contributed by atoms with Crippen molar-refractivity contribution in [2.24, 2.45) is 0 Å². The van der Waals surface area contributed by atoms with Crippen molar-refractivity contribution in [2.75, 3.05) is 0 Å². The van der Waals surface area contributed by atoms with E-state index in [2.05, 4.69) is 15.0 Å². The van der Waals surface area contributed by atoms with Gasteiger partial charge in [0.15, 0.2) is 11.2 Å². The molecule has 1 aromatic carbocycles. The van der Waals surface area contributed by atoms with Crippen LogP contribution in [0.4, 0.5) is 5.69 Å². The maximum absolute atomic E-state index is 11.6. The largest absolute Gasteiger partial charge is 0.311 e. The number of nitro groups is 1. The molecule has 0 aliphatic heterocycles. The van der Waals surface area contributed by atoms with Crippen LogP contribution in [-0.2, 0) is 0 Å². The van der Waals surface area contributed by atoms with Crippen LogP contribution in [0.1, 0.15) is 18.5 Å². The number of nitrogens with zero attached hydrogens (tertiary/aromatic N) is 4. The Balaban J connectivity index is 2.04. The Bertz CT molecular complexity index is 865. The highest BCUT2D eigenvalue weighted by Gasteiger charge is 2.15. The van der Waals surface area contributed by atoms with Crippen LogP contribution in [0.25, 0.3) is 11.2 Å². The lowest BCUT2D eigenvalue weighted by Gasteiger charge is -2.13. The Kier molecular flexibility index (Phi) is 2.98. The summed E-state index contributed by atoms with van der Waals surface area (Å²) >= 11 is 0. The van der Waals surface area contributed by atoms with Crippen LogP contribution < -0.4 is 5.56 Å². The molecule has 8 heteroatoms. The van der Waals surface area contributed by atoms with Crippen molar-refractivity contribution in [1.29, 1.82) is 0 Å². The minimum absolute atomic E-state index is 0.0380. The standard InChI is InChI=1S/C13H11N5O3/c1-8(9-2-4-10(5-3-9)18(20)21)17-7-16-11-12(17)14-6-15-13(11)19/h2-8H,1H3,(H,14,15,19). The molecule has 21 heavy (non-hydrogen) atoms. The lowest BCUT2D eigenvalue weighted by Crippen LogP contribution is -2.10. The molecule has 8 nitrogen and oxygen atoms in total. The van der Waals surface area contributed by atoms with Gasteiger partial charge in [0, 0.05) is 12.1 Å². The third-order valence-electron chi connectivity index (χ3n) is 3.37. The molecule has 1 N–H and O–H groups in total. The van der Waals surface area contributed by atoms with Gasteiger partial charge in [-0.3, -0.25) is 14.9 Å². The predicted molar refractivity (Wildman–Crippen MR) is 75.1 cm³/mol. The number of rotatable bonds is 3. The van der Waals surface area contributed by atoms with Crippen molar-refractivity contribution >= 4 is 16.9 Å². The molecule has 0 radical (unpaired) electrons. The molecule has 0 amide bonds. The molecule has 0 saturated heterocycles. The number of hydrogen-bond donors (Lipinski definition) is 1. The zero-order valence-corrected chi connectivity index (χ0v) is 11.1. The van der Waals surface area contributed by atoms with Crippen molar-refractivity contribution in [2.45, 2.75) is 13.0 Å². The van der Waals surface area contributed by atoms with Crippen LogP contribution in [0.3, 0.4) is 0 Å². The second-order valence-electron chi connectivity index (χ2n) is 4.58.